The summed E-state index contributed by atoms with van der Waals surface area (Å²) >= 11 is 0. The topological polar surface area (TPSA) is 25.8 Å². The maximum atomic E-state index is 4.29. The predicted molar refractivity (Wildman–Crippen MR) is 53.6 cm³/mol. The first-order valence-electron chi connectivity index (χ1n) is 4.47. The number of hydrogen-bond acceptors (Lipinski definition) is 2. The van der Waals surface area contributed by atoms with E-state index in [1.54, 1.807) is 6.33 Å². The van der Waals surface area contributed by atoms with E-state index in [-0.39, 0.29) is 0 Å². The first kappa shape index (κ1) is 8.17. The van der Waals surface area contributed by atoms with E-state index in [2.05, 4.69) is 35.9 Å². The molecule has 2 rings (SSSR count). The Labute approximate surface area is 77.6 Å². The van der Waals surface area contributed by atoms with Gasteiger partial charge in [0.25, 0.3) is 0 Å². The van der Waals surface area contributed by atoms with Gasteiger partial charge >= 0.3 is 0 Å². The van der Waals surface area contributed by atoms with E-state index in [4.69, 9.17) is 0 Å². The molecular formula is C11H12N2. The molecule has 1 heterocycles. The van der Waals surface area contributed by atoms with Crippen LogP contribution in [0.1, 0.15) is 25.3 Å². The lowest BCUT2D eigenvalue weighted by atomic mass is 10.0. The molecule has 1 aromatic heterocycles. The molecule has 0 N–H and O–H groups in total. The van der Waals surface area contributed by atoms with Crippen LogP contribution in [0.2, 0.25) is 0 Å². The minimum Gasteiger partial charge on any atom is -0.244 e. The van der Waals surface area contributed by atoms with Gasteiger partial charge in [0.05, 0.1) is 5.52 Å². The Morgan fingerprint density at radius 1 is 1.23 bits per heavy atom. The van der Waals surface area contributed by atoms with Crippen molar-refractivity contribution in [2.75, 3.05) is 0 Å². The molecule has 0 aliphatic heterocycles. The highest BCUT2D eigenvalue weighted by molar-refractivity contribution is 5.81. The maximum Gasteiger partial charge on any atom is 0.116 e. The normalized spacial score (nSPS) is 11.0. The number of benzene rings is 1. The molecule has 0 fully saturated rings. The van der Waals surface area contributed by atoms with Crippen molar-refractivity contribution in [2.45, 2.75) is 19.8 Å². The average Bonchev–Trinajstić information content (AvgIpc) is 2.17. The number of rotatable bonds is 1. The second kappa shape index (κ2) is 3.13. The zero-order chi connectivity index (χ0) is 9.26. The van der Waals surface area contributed by atoms with Crippen molar-refractivity contribution in [1.29, 1.82) is 0 Å². The largest absolute Gasteiger partial charge is 0.244 e. The van der Waals surface area contributed by atoms with Crippen LogP contribution in [0, 0.1) is 0 Å². The number of fused-ring (bicyclic) bond motifs is 1. The number of nitrogens with zero attached hydrogens (tertiary/aromatic N) is 2. The summed E-state index contributed by atoms with van der Waals surface area (Å²) in [6.45, 7) is 4.35. The molecule has 2 aromatic rings. The third-order valence-corrected chi connectivity index (χ3v) is 2.19. The van der Waals surface area contributed by atoms with Gasteiger partial charge in [-0.1, -0.05) is 32.0 Å². The molecule has 0 unspecified atom stereocenters. The van der Waals surface area contributed by atoms with Crippen LogP contribution in [0.3, 0.4) is 0 Å². The summed E-state index contributed by atoms with van der Waals surface area (Å²) in [6.07, 6.45) is 3.46. The minimum atomic E-state index is 0.513. The van der Waals surface area contributed by atoms with Crippen LogP contribution in [0.25, 0.3) is 10.9 Å². The monoisotopic (exact) mass is 172 g/mol. The van der Waals surface area contributed by atoms with Crippen LogP contribution in [-0.4, -0.2) is 9.97 Å². The summed E-state index contributed by atoms with van der Waals surface area (Å²) in [5.74, 6) is 0.513. The van der Waals surface area contributed by atoms with E-state index in [1.165, 1.54) is 5.56 Å². The van der Waals surface area contributed by atoms with Crippen LogP contribution in [0.5, 0.6) is 0 Å². The minimum absolute atomic E-state index is 0.513. The lowest BCUT2D eigenvalue weighted by Gasteiger charge is -2.07. The van der Waals surface area contributed by atoms with Gasteiger partial charge < -0.3 is 0 Å². The van der Waals surface area contributed by atoms with Gasteiger partial charge in [-0.25, -0.2) is 9.97 Å². The van der Waals surface area contributed by atoms with Crippen LogP contribution in [0.4, 0.5) is 0 Å². The number of para-hydroxylation sites is 1. The molecule has 66 valence electrons. The molecule has 2 heteroatoms. The van der Waals surface area contributed by atoms with Crippen LogP contribution in [0.15, 0.2) is 30.7 Å². The zero-order valence-electron chi connectivity index (χ0n) is 7.86. The van der Waals surface area contributed by atoms with E-state index in [0.29, 0.717) is 5.92 Å². The maximum absolute atomic E-state index is 4.29. The molecule has 13 heavy (non-hydrogen) atoms. The molecule has 0 spiro atoms. The smallest absolute Gasteiger partial charge is 0.116 e. The molecule has 0 bridgehead atoms. The van der Waals surface area contributed by atoms with E-state index in [9.17, 15) is 0 Å². The first-order valence-corrected chi connectivity index (χ1v) is 4.47. The second-order valence-electron chi connectivity index (χ2n) is 3.46. The lowest BCUT2D eigenvalue weighted by molar-refractivity contribution is 0.872. The van der Waals surface area contributed by atoms with Gasteiger partial charge in [-0.05, 0) is 11.5 Å². The van der Waals surface area contributed by atoms with Gasteiger partial charge in [-0.2, -0.15) is 0 Å². The molecular weight excluding hydrogens is 160 g/mol. The average molecular weight is 172 g/mol. The Hall–Kier alpha value is -1.44. The Bertz CT molecular complexity index is 416. The van der Waals surface area contributed by atoms with Gasteiger partial charge in [0.2, 0.25) is 0 Å². The molecule has 1 aromatic carbocycles. The SMILES string of the molecule is CC(C)c1cccc2cncnc12. The zero-order valence-corrected chi connectivity index (χ0v) is 7.86. The van der Waals surface area contributed by atoms with Gasteiger partial charge in [0, 0.05) is 11.6 Å². The molecule has 2 nitrogen and oxygen atoms in total. The van der Waals surface area contributed by atoms with Gasteiger partial charge in [0.15, 0.2) is 0 Å². The Morgan fingerprint density at radius 2 is 2.08 bits per heavy atom. The van der Waals surface area contributed by atoms with E-state index in [0.717, 1.165) is 10.9 Å². The second-order valence-corrected chi connectivity index (χ2v) is 3.46. The van der Waals surface area contributed by atoms with Crippen molar-refractivity contribution in [3.05, 3.63) is 36.3 Å². The highest BCUT2D eigenvalue weighted by Crippen LogP contribution is 2.22. The molecule has 0 atom stereocenters. The van der Waals surface area contributed by atoms with Crippen molar-refractivity contribution in [2.24, 2.45) is 0 Å². The van der Waals surface area contributed by atoms with Crippen LogP contribution in [-0.2, 0) is 0 Å². The summed E-state index contributed by atoms with van der Waals surface area (Å²) in [6, 6.07) is 6.22. The highest BCUT2D eigenvalue weighted by Gasteiger charge is 2.04. The molecule has 0 radical (unpaired) electrons. The number of aromatic nitrogens is 2. The first-order chi connectivity index (χ1) is 6.29. The van der Waals surface area contributed by atoms with E-state index < -0.39 is 0 Å². The van der Waals surface area contributed by atoms with E-state index in [1.807, 2.05) is 12.3 Å². The fourth-order valence-corrected chi connectivity index (χ4v) is 1.50. The molecule has 0 saturated heterocycles. The van der Waals surface area contributed by atoms with Crippen molar-refractivity contribution in [1.82, 2.24) is 9.97 Å². The fraction of sp³-hybridized carbons (Fsp3) is 0.273. The Kier molecular flexibility index (Phi) is 1.97. The predicted octanol–water partition coefficient (Wildman–Crippen LogP) is 2.75. The summed E-state index contributed by atoms with van der Waals surface area (Å²) in [5.41, 5.74) is 2.37. The summed E-state index contributed by atoms with van der Waals surface area (Å²) in [5, 5.41) is 1.12. The fourth-order valence-electron chi connectivity index (χ4n) is 1.50. The highest BCUT2D eigenvalue weighted by atomic mass is 14.8. The van der Waals surface area contributed by atoms with Gasteiger partial charge in [-0.3, -0.25) is 0 Å². The lowest BCUT2D eigenvalue weighted by Crippen LogP contribution is -1.91. The number of hydrogen-bond donors (Lipinski definition) is 0. The third-order valence-electron chi connectivity index (χ3n) is 2.19. The summed E-state index contributed by atoms with van der Waals surface area (Å²) in [4.78, 5) is 8.29. The van der Waals surface area contributed by atoms with Crippen molar-refractivity contribution < 1.29 is 0 Å². The quantitative estimate of drug-likeness (QED) is 0.661. The Morgan fingerprint density at radius 3 is 2.85 bits per heavy atom. The third kappa shape index (κ3) is 1.39. The van der Waals surface area contributed by atoms with Crippen LogP contribution >= 0.6 is 0 Å². The van der Waals surface area contributed by atoms with Crippen molar-refractivity contribution in [3.8, 4) is 0 Å². The molecule has 0 amide bonds. The standard InChI is InChI=1S/C11H12N2/c1-8(2)10-5-3-4-9-6-12-7-13-11(9)10/h3-8H,1-2H3. The van der Waals surface area contributed by atoms with Crippen molar-refractivity contribution in [3.63, 3.8) is 0 Å². The van der Waals surface area contributed by atoms with Crippen molar-refractivity contribution >= 4 is 10.9 Å². The van der Waals surface area contributed by atoms with E-state index >= 15 is 0 Å². The molecule has 0 aliphatic carbocycles. The molecule has 0 saturated carbocycles. The van der Waals surface area contributed by atoms with Gasteiger partial charge in [-0.15, -0.1) is 0 Å². The van der Waals surface area contributed by atoms with Gasteiger partial charge in [0.1, 0.15) is 6.33 Å². The molecule has 0 aliphatic rings. The summed E-state index contributed by atoms with van der Waals surface area (Å²) in [7, 11) is 0. The Balaban J connectivity index is 2.76. The summed E-state index contributed by atoms with van der Waals surface area (Å²) < 4.78 is 0. The van der Waals surface area contributed by atoms with Crippen LogP contribution < -0.4 is 0 Å².